The van der Waals surface area contributed by atoms with Gasteiger partial charge in [0.2, 0.25) is 0 Å². The van der Waals surface area contributed by atoms with Crippen LogP contribution in [0.4, 0.5) is 0 Å². The van der Waals surface area contributed by atoms with Gasteiger partial charge in [-0.2, -0.15) is 0 Å². The highest BCUT2D eigenvalue weighted by Crippen LogP contribution is 2.25. The molecule has 0 spiro atoms. The van der Waals surface area contributed by atoms with Crippen molar-refractivity contribution in [1.29, 1.82) is 0 Å². The fraction of sp³-hybridized carbons (Fsp3) is 0.412. The molecule has 0 aliphatic heterocycles. The number of hydrogen-bond acceptors (Lipinski definition) is 0. The molecule has 1 aromatic rings. The van der Waals surface area contributed by atoms with Crippen molar-refractivity contribution in [3.8, 4) is 0 Å². The fourth-order valence-electron chi connectivity index (χ4n) is 1.73. The summed E-state index contributed by atoms with van der Waals surface area (Å²) < 4.78 is 0. The van der Waals surface area contributed by atoms with Gasteiger partial charge in [-0.3, -0.25) is 0 Å². The van der Waals surface area contributed by atoms with Crippen LogP contribution in [0.1, 0.15) is 49.9 Å². The molecule has 0 aromatic heterocycles. The maximum absolute atomic E-state index is 3.82. The van der Waals surface area contributed by atoms with Crippen molar-refractivity contribution in [2.24, 2.45) is 0 Å². The Bertz CT molecular complexity index is 420. The van der Waals surface area contributed by atoms with Crippen molar-refractivity contribution in [3.05, 3.63) is 52.6 Å². The Morgan fingerprint density at radius 3 is 2.00 bits per heavy atom. The molecule has 0 bridgehead atoms. The summed E-state index contributed by atoms with van der Waals surface area (Å²) in [5, 5.41) is 0. The maximum Gasteiger partial charge on any atom is -0.0193 e. The van der Waals surface area contributed by atoms with E-state index in [4.69, 9.17) is 0 Å². The van der Waals surface area contributed by atoms with Crippen LogP contribution in [0.5, 0.6) is 0 Å². The number of allylic oxidation sites excluding steroid dienone is 3. The predicted octanol–water partition coefficient (Wildman–Crippen LogP) is 5.62. The molecule has 0 unspecified atom stereocenters. The van der Waals surface area contributed by atoms with Crippen LogP contribution < -0.4 is 0 Å². The molecule has 0 aliphatic rings. The summed E-state index contributed by atoms with van der Waals surface area (Å²) in [4.78, 5) is 0. The quantitative estimate of drug-likeness (QED) is 0.579. The Morgan fingerprint density at radius 1 is 1.00 bits per heavy atom. The smallest absolute Gasteiger partial charge is 0.0193 e. The van der Waals surface area contributed by atoms with E-state index in [2.05, 4.69) is 53.3 Å². The first-order valence-corrected chi connectivity index (χ1v) is 6.36. The van der Waals surface area contributed by atoms with E-state index in [-0.39, 0.29) is 0 Å². The lowest BCUT2D eigenvalue weighted by Gasteiger charge is -2.13. The van der Waals surface area contributed by atoms with E-state index in [1.165, 1.54) is 33.4 Å². The van der Waals surface area contributed by atoms with Crippen molar-refractivity contribution >= 4 is 5.57 Å². The van der Waals surface area contributed by atoms with Crippen LogP contribution in [0.15, 0.2) is 30.4 Å². The number of aryl methyl sites for hydroxylation is 1. The summed E-state index contributed by atoms with van der Waals surface area (Å²) in [6.07, 6.45) is 1.92. The van der Waals surface area contributed by atoms with E-state index in [1.54, 1.807) is 0 Å². The molecule has 1 aromatic carbocycles. The van der Waals surface area contributed by atoms with E-state index in [9.17, 15) is 0 Å². The molecule has 0 amide bonds. The largest absolute Gasteiger partial charge is 0.0988 e. The van der Waals surface area contributed by atoms with Gasteiger partial charge in [-0.15, -0.1) is 0 Å². The van der Waals surface area contributed by atoms with Gasteiger partial charge < -0.3 is 0 Å². The van der Waals surface area contributed by atoms with Crippen molar-refractivity contribution < 1.29 is 0 Å². The molecule has 0 nitrogen and oxygen atoms in total. The Kier molecular flexibility index (Phi) is 6.57. The minimum absolute atomic E-state index is 1.25. The van der Waals surface area contributed by atoms with Gasteiger partial charge in [-0.25, -0.2) is 0 Å². The van der Waals surface area contributed by atoms with E-state index >= 15 is 0 Å². The standard InChI is InChI=1S/C15H20.C2H6/c1-7-10(2)13(5)15-9-8-11(3)12(4)14(15)6;1-2/h7-9H,1H2,2-6H3;1-2H3/b13-10+;. The van der Waals surface area contributed by atoms with Crippen LogP contribution in [-0.2, 0) is 0 Å². The molecule has 0 saturated carbocycles. The van der Waals surface area contributed by atoms with Gasteiger partial charge in [0.15, 0.2) is 0 Å². The minimum Gasteiger partial charge on any atom is -0.0988 e. The first-order chi connectivity index (χ1) is 7.99. The van der Waals surface area contributed by atoms with E-state index in [0.717, 1.165) is 0 Å². The zero-order chi connectivity index (χ0) is 13.6. The van der Waals surface area contributed by atoms with Crippen molar-refractivity contribution in [1.82, 2.24) is 0 Å². The average molecular weight is 230 g/mol. The summed E-state index contributed by atoms with van der Waals surface area (Å²) in [7, 11) is 0. The van der Waals surface area contributed by atoms with Crippen LogP contribution in [0, 0.1) is 20.8 Å². The van der Waals surface area contributed by atoms with Gasteiger partial charge in [0.1, 0.15) is 0 Å². The van der Waals surface area contributed by atoms with Crippen LogP contribution in [0.3, 0.4) is 0 Å². The third-order valence-electron chi connectivity index (χ3n) is 3.36. The lowest BCUT2D eigenvalue weighted by Crippen LogP contribution is -1.93. The molecule has 0 N–H and O–H groups in total. The second kappa shape index (κ2) is 7.11. The lowest BCUT2D eigenvalue weighted by molar-refractivity contribution is 1.24. The second-order valence-corrected chi connectivity index (χ2v) is 4.19. The molecule has 0 heterocycles. The number of hydrogen-bond donors (Lipinski definition) is 0. The third kappa shape index (κ3) is 3.59. The summed E-state index contributed by atoms with van der Waals surface area (Å²) in [5.74, 6) is 0. The Labute approximate surface area is 107 Å². The van der Waals surface area contributed by atoms with Crippen LogP contribution in [0.2, 0.25) is 0 Å². The zero-order valence-corrected chi connectivity index (χ0v) is 12.4. The monoisotopic (exact) mass is 230 g/mol. The van der Waals surface area contributed by atoms with Crippen LogP contribution in [-0.4, -0.2) is 0 Å². The summed E-state index contributed by atoms with van der Waals surface area (Å²) >= 11 is 0. The van der Waals surface area contributed by atoms with Crippen LogP contribution in [0.25, 0.3) is 5.57 Å². The first kappa shape index (κ1) is 15.7. The van der Waals surface area contributed by atoms with Crippen molar-refractivity contribution in [3.63, 3.8) is 0 Å². The molecule has 0 radical (unpaired) electrons. The van der Waals surface area contributed by atoms with E-state index < -0.39 is 0 Å². The molecule has 0 saturated heterocycles. The maximum atomic E-state index is 3.82. The summed E-state index contributed by atoms with van der Waals surface area (Å²) in [5.41, 5.74) is 8.06. The summed E-state index contributed by atoms with van der Waals surface area (Å²) in [6, 6.07) is 4.40. The zero-order valence-electron chi connectivity index (χ0n) is 12.4. The topological polar surface area (TPSA) is 0 Å². The minimum atomic E-state index is 1.25. The Balaban J connectivity index is 0.00000121. The average Bonchev–Trinajstić information content (AvgIpc) is 2.37. The highest BCUT2D eigenvalue weighted by atomic mass is 14.1. The van der Waals surface area contributed by atoms with Gasteiger partial charge in [0, 0.05) is 0 Å². The molecule has 94 valence electrons. The van der Waals surface area contributed by atoms with E-state index in [0.29, 0.717) is 0 Å². The second-order valence-electron chi connectivity index (χ2n) is 4.19. The normalized spacial score (nSPS) is 11.2. The van der Waals surface area contributed by atoms with Crippen LogP contribution >= 0.6 is 0 Å². The number of benzene rings is 1. The van der Waals surface area contributed by atoms with Crippen molar-refractivity contribution in [2.75, 3.05) is 0 Å². The highest BCUT2D eigenvalue weighted by Gasteiger charge is 2.06. The van der Waals surface area contributed by atoms with Gasteiger partial charge >= 0.3 is 0 Å². The van der Waals surface area contributed by atoms with Crippen molar-refractivity contribution in [2.45, 2.75) is 48.5 Å². The van der Waals surface area contributed by atoms with E-state index in [1.807, 2.05) is 19.9 Å². The predicted molar refractivity (Wildman–Crippen MR) is 80.5 cm³/mol. The Hall–Kier alpha value is -1.30. The third-order valence-corrected chi connectivity index (χ3v) is 3.36. The van der Waals surface area contributed by atoms with Gasteiger partial charge in [-0.05, 0) is 68.0 Å². The molecule has 0 aliphatic carbocycles. The molecular formula is C17H26. The fourth-order valence-corrected chi connectivity index (χ4v) is 1.73. The van der Waals surface area contributed by atoms with Gasteiger partial charge in [0.05, 0.1) is 0 Å². The first-order valence-electron chi connectivity index (χ1n) is 6.36. The SMILES string of the molecule is C=C/C(C)=C(\C)c1ccc(C)c(C)c1C.CC. The van der Waals surface area contributed by atoms with Gasteiger partial charge in [-0.1, -0.05) is 38.6 Å². The molecule has 0 fully saturated rings. The Morgan fingerprint density at radius 2 is 1.53 bits per heavy atom. The lowest BCUT2D eigenvalue weighted by atomic mass is 9.92. The molecule has 0 atom stereocenters. The van der Waals surface area contributed by atoms with Gasteiger partial charge in [0.25, 0.3) is 0 Å². The molecular weight excluding hydrogens is 204 g/mol. The molecule has 17 heavy (non-hydrogen) atoms. The summed E-state index contributed by atoms with van der Waals surface area (Å²) in [6.45, 7) is 18.6. The number of rotatable bonds is 2. The molecule has 1 rings (SSSR count). The molecule has 0 heteroatoms. The highest BCUT2D eigenvalue weighted by molar-refractivity contribution is 5.72.